The lowest BCUT2D eigenvalue weighted by Crippen LogP contribution is -2.57. The summed E-state index contributed by atoms with van der Waals surface area (Å²) in [5, 5.41) is 23.1. The molecule has 1 aromatic carbocycles. The Kier molecular flexibility index (Phi) is 9.59. The van der Waals surface area contributed by atoms with Gasteiger partial charge in [-0.1, -0.05) is 19.4 Å². The van der Waals surface area contributed by atoms with Gasteiger partial charge in [0.05, 0.1) is 16.8 Å². The number of aromatic nitrogens is 5. The molecule has 2 N–H and O–H groups in total. The first-order valence-electron chi connectivity index (χ1n) is 18.8. The first-order valence-corrected chi connectivity index (χ1v) is 18.8. The van der Waals surface area contributed by atoms with E-state index < -0.39 is 34.8 Å². The zero-order chi connectivity index (χ0) is 39.2. The smallest absolute Gasteiger partial charge is 0.434 e. The van der Waals surface area contributed by atoms with Crippen molar-refractivity contribution in [3.05, 3.63) is 90.1 Å². The summed E-state index contributed by atoms with van der Waals surface area (Å²) in [6.07, 6.45) is 4.37. The van der Waals surface area contributed by atoms with Crippen LogP contribution in [0, 0.1) is 29.1 Å². The number of aliphatic carboxylic acids is 1. The second-order valence-corrected chi connectivity index (χ2v) is 15.0. The Labute approximate surface area is 320 Å². The van der Waals surface area contributed by atoms with Crippen LogP contribution in [0.4, 0.5) is 19.1 Å². The SMILES string of the molecule is CCC1CC2CC(C1)C(NC(=O)c1ccc(-c3cn(-c4cccc(C#N)n4)c4cc(OC5CCN(c6ncccn6)CC5)ccc34)nc1C(F)(F)F)(C(=O)O)C2. The average Bonchev–Trinajstić information content (AvgIpc) is 3.71. The van der Waals surface area contributed by atoms with Crippen molar-refractivity contribution in [1.82, 2.24) is 29.8 Å². The van der Waals surface area contributed by atoms with E-state index in [2.05, 4.69) is 30.2 Å². The van der Waals surface area contributed by atoms with E-state index in [4.69, 9.17) is 4.74 Å². The number of carbonyl (C=O) groups excluding carboxylic acids is 1. The van der Waals surface area contributed by atoms with Crippen molar-refractivity contribution in [1.29, 1.82) is 5.26 Å². The molecule has 4 atom stereocenters. The van der Waals surface area contributed by atoms with Crippen LogP contribution < -0.4 is 15.0 Å². The monoisotopic (exact) mass is 764 g/mol. The number of hydrogen-bond donors (Lipinski definition) is 2. The number of nitriles is 1. The Morgan fingerprint density at radius 2 is 1.82 bits per heavy atom. The quantitative estimate of drug-likeness (QED) is 0.157. The maximum atomic E-state index is 14.8. The van der Waals surface area contributed by atoms with Gasteiger partial charge in [0.2, 0.25) is 5.95 Å². The van der Waals surface area contributed by atoms with Crippen LogP contribution in [0.5, 0.6) is 5.75 Å². The predicted octanol–water partition coefficient (Wildman–Crippen LogP) is 7.22. The highest BCUT2D eigenvalue weighted by atomic mass is 19.4. The zero-order valence-electron chi connectivity index (χ0n) is 30.5. The van der Waals surface area contributed by atoms with Crippen molar-refractivity contribution < 1.29 is 32.6 Å². The molecule has 3 fully saturated rings. The van der Waals surface area contributed by atoms with Crippen molar-refractivity contribution >= 4 is 28.7 Å². The van der Waals surface area contributed by atoms with E-state index in [9.17, 15) is 33.1 Å². The van der Waals surface area contributed by atoms with E-state index in [-0.39, 0.29) is 35.7 Å². The van der Waals surface area contributed by atoms with Gasteiger partial charge in [0.1, 0.15) is 35.0 Å². The third-order valence-corrected chi connectivity index (χ3v) is 11.6. The van der Waals surface area contributed by atoms with Gasteiger partial charge in [0, 0.05) is 61.5 Å². The van der Waals surface area contributed by atoms with E-state index >= 15 is 0 Å². The maximum absolute atomic E-state index is 14.8. The van der Waals surface area contributed by atoms with Gasteiger partial charge in [-0.3, -0.25) is 4.79 Å². The molecule has 288 valence electrons. The Balaban J connectivity index is 1.13. The van der Waals surface area contributed by atoms with Crippen molar-refractivity contribution in [2.45, 2.75) is 69.7 Å². The second-order valence-electron chi connectivity index (χ2n) is 15.0. The minimum atomic E-state index is -5.04. The number of alkyl halides is 3. The van der Waals surface area contributed by atoms with Gasteiger partial charge in [-0.2, -0.15) is 18.4 Å². The standard InChI is InChI=1S/C41H39F3N8O4/c1-2-24-17-25-19-26(18-24)40(21-25,38(54)55)50-37(53)31-9-10-33(49-36(31)41(42,43)44)32-23-52(35-6-3-5-27(22-45)48-35)34-20-29(7-8-30(32)34)56-28-11-15-51(16-12-28)39-46-13-4-14-47-39/h3-10,13-14,20,23-26,28H,2,11-12,15-19,21H2,1H3,(H,50,53)(H,54,55). The van der Waals surface area contributed by atoms with Crippen molar-refractivity contribution in [3.8, 4) is 28.9 Å². The number of fused-ring (bicyclic) bond motifs is 3. The molecule has 0 radical (unpaired) electrons. The van der Waals surface area contributed by atoms with E-state index in [1.807, 2.05) is 13.0 Å². The van der Waals surface area contributed by atoms with Crippen LogP contribution in [0.2, 0.25) is 0 Å². The molecule has 5 heterocycles. The first kappa shape index (κ1) is 36.9. The number of pyridine rings is 2. The molecule has 5 aromatic rings. The van der Waals surface area contributed by atoms with Crippen LogP contribution in [0.3, 0.4) is 0 Å². The molecular weight excluding hydrogens is 725 g/mol. The number of anilines is 1. The zero-order valence-corrected chi connectivity index (χ0v) is 30.5. The minimum Gasteiger partial charge on any atom is -0.490 e. The minimum absolute atomic E-state index is 0.0614. The lowest BCUT2D eigenvalue weighted by molar-refractivity contribution is -0.146. The molecule has 3 aliphatic rings. The van der Waals surface area contributed by atoms with Crippen LogP contribution in [0.15, 0.2) is 73.2 Å². The Hall–Kier alpha value is -6.04. The van der Waals surface area contributed by atoms with Crippen molar-refractivity contribution in [3.63, 3.8) is 0 Å². The molecule has 0 spiro atoms. The number of nitrogens with one attached hydrogen (secondary N) is 1. The molecule has 2 saturated carbocycles. The molecule has 4 unspecified atom stereocenters. The summed E-state index contributed by atoms with van der Waals surface area (Å²) in [5.41, 5.74) is -2.86. The van der Waals surface area contributed by atoms with E-state index in [1.165, 1.54) is 6.07 Å². The summed E-state index contributed by atoms with van der Waals surface area (Å²) in [5.74, 6) is -0.795. The fraction of sp³-hybridized carbons (Fsp3) is 0.390. The summed E-state index contributed by atoms with van der Waals surface area (Å²) < 4.78 is 52.5. The number of halogens is 3. The van der Waals surface area contributed by atoms with Gasteiger partial charge in [-0.25, -0.2) is 24.7 Å². The predicted molar refractivity (Wildman–Crippen MR) is 199 cm³/mol. The molecular formula is C41H39F3N8O4. The lowest BCUT2D eigenvalue weighted by Gasteiger charge is -2.34. The van der Waals surface area contributed by atoms with Gasteiger partial charge in [0.25, 0.3) is 5.91 Å². The molecule has 1 aliphatic heterocycles. The highest BCUT2D eigenvalue weighted by Gasteiger charge is 2.57. The van der Waals surface area contributed by atoms with Crippen molar-refractivity contribution in [2.75, 3.05) is 18.0 Å². The number of carboxylic acids is 1. The normalized spacial score (nSPS) is 22.5. The molecule has 2 bridgehead atoms. The third-order valence-electron chi connectivity index (χ3n) is 11.6. The Bertz CT molecular complexity index is 2340. The summed E-state index contributed by atoms with van der Waals surface area (Å²) in [6, 6.07) is 16.4. The number of nitrogens with zero attached hydrogens (tertiary/aromatic N) is 7. The lowest BCUT2D eigenvalue weighted by atomic mass is 9.76. The van der Waals surface area contributed by atoms with E-state index in [0.29, 0.717) is 78.7 Å². The molecule has 4 aromatic heterocycles. The van der Waals surface area contributed by atoms with Crippen LogP contribution in [-0.2, 0) is 11.0 Å². The molecule has 2 aliphatic carbocycles. The number of ether oxygens (including phenoxy) is 1. The van der Waals surface area contributed by atoms with Gasteiger partial charge in [-0.05, 0) is 85.9 Å². The number of rotatable bonds is 9. The number of amides is 1. The molecule has 15 heteroatoms. The summed E-state index contributed by atoms with van der Waals surface area (Å²) >= 11 is 0. The van der Waals surface area contributed by atoms with Gasteiger partial charge >= 0.3 is 12.1 Å². The van der Waals surface area contributed by atoms with Gasteiger partial charge in [-0.15, -0.1) is 0 Å². The number of hydrogen-bond acceptors (Lipinski definition) is 9. The van der Waals surface area contributed by atoms with Crippen LogP contribution in [-0.4, -0.2) is 66.2 Å². The Morgan fingerprint density at radius 3 is 2.54 bits per heavy atom. The number of carboxylic acid groups (broad SMARTS) is 1. The Morgan fingerprint density at radius 1 is 1.04 bits per heavy atom. The molecule has 8 rings (SSSR count). The second kappa shape index (κ2) is 14.6. The third kappa shape index (κ3) is 6.88. The average molecular weight is 765 g/mol. The number of benzene rings is 1. The highest BCUT2D eigenvalue weighted by molar-refractivity contribution is 6.01. The largest absolute Gasteiger partial charge is 0.490 e. The molecule has 56 heavy (non-hydrogen) atoms. The highest BCUT2D eigenvalue weighted by Crippen LogP contribution is 2.51. The molecule has 1 amide bonds. The molecule has 12 nitrogen and oxygen atoms in total. The summed E-state index contributed by atoms with van der Waals surface area (Å²) in [6.45, 7) is 3.43. The van der Waals surface area contributed by atoms with E-state index in [0.717, 1.165) is 18.9 Å². The van der Waals surface area contributed by atoms with Gasteiger partial charge < -0.3 is 24.6 Å². The topological polar surface area (TPSA) is 159 Å². The van der Waals surface area contributed by atoms with Crippen molar-refractivity contribution in [2.24, 2.45) is 17.8 Å². The van der Waals surface area contributed by atoms with Crippen LogP contribution >= 0.6 is 0 Å². The summed E-state index contributed by atoms with van der Waals surface area (Å²) in [7, 11) is 0. The first-order chi connectivity index (χ1) is 27.0. The van der Waals surface area contributed by atoms with Gasteiger partial charge in [0.15, 0.2) is 5.69 Å². The molecule has 1 saturated heterocycles. The number of carbonyl (C=O) groups is 2. The maximum Gasteiger partial charge on any atom is 0.434 e. The van der Waals surface area contributed by atoms with E-state index in [1.54, 1.807) is 65.6 Å². The number of piperidine rings is 1. The fourth-order valence-corrected chi connectivity index (χ4v) is 8.95. The van der Waals surface area contributed by atoms with Crippen LogP contribution in [0.25, 0.3) is 28.0 Å². The summed E-state index contributed by atoms with van der Waals surface area (Å²) in [4.78, 5) is 45.7. The van der Waals surface area contributed by atoms with Crippen LogP contribution in [0.1, 0.15) is 73.6 Å². The fourth-order valence-electron chi connectivity index (χ4n) is 8.95.